The van der Waals surface area contributed by atoms with Gasteiger partial charge in [0.15, 0.2) is 5.96 Å². The third kappa shape index (κ3) is 2.05. The zero-order chi connectivity index (χ0) is 14.1. The second-order valence-corrected chi connectivity index (χ2v) is 5.00. The summed E-state index contributed by atoms with van der Waals surface area (Å²) in [5, 5.41) is 4.35. The normalized spacial score (nSPS) is 18.4. The molecule has 1 aliphatic heterocycles. The van der Waals surface area contributed by atoms with Gasteiger partial charge in [-0.3, -0.25) is 9.67 Å². The Kier molecular flexibility index (Phi) is 3.18. The largest absolute Gasteiger partial charge is 0.369 e. The molecule has 20 heavy (non-hydrogen) atoms. The van der Waals surface area contributed by atoms with Crippen LogP contribution < -0.4 is 10.6 Å². The molecule has 1 atom stereocenters. The summed E-state index contributed by atoms with van der Waals surface area (Å²) < 4.78 is 1.93. The Morgan fingerprint density at radius 3 is 2.85 bits per heavy atom. The second kappa shape index (κ2) is 5.00. The molecular weight excluding hydrogens is 250 g/mol. The average molecular weight is 269 g/mol. The monoisotopic (exact) mass is 269 g/mol. The van der Waals surface area contributed by atoms with Gasteiger partial charge in [-0.15, -0.1) is 0 Å². The van der Waals surface area contributed by atoms with Crippen molar-refractivity contribution in [2.45, 2.75) is 26.4 Å². The summed E-state index contributed by atoms with van der Waals surface area (Å²) in [6, 6.07) is 8.37. The summed E-state index contributed by atoms with van der Waals surface area (Å²) >= 11 is 0. The SMILES string of the molecule is CCn1cc(C2CN=C(N)N2c2ccccc2C)cn1. The molecule has 0 spiro atoms. The fourth-order valence-electron chi connectivity index (χ4n) is 2.60. The van der Waals surface area contributed by atoms with Crippen LogP contribution in [0, 0.1) is 6.92 Å². The number of rotatable bonds is 3. The zero-order valence-corrected chi connectivity index (χ0v) is 11.8. The minimum atomic E-state index is 0.136. The molecule has 2 aromatic rings. The van der Waals surface area contributed by atoms with E-state index in [1.807, 2.05) is 23.0 Å². The van der Waals surface area contributed by atoms with E-state index in [1.165, 1.54) is 5.56 Å². The highest BCUT2D eigenvalue weighted by Gasteiger charge is 2.30. The van der Waals surface area contributed by atoms with E-state index in [1.54, 1.807) is 0 Å². The molecule has 0 fully saturated rings. The van der Waals surface area contributed by atoms with Crippen molar-refractivity contribution in [1.82, 2.24) is 9.78 Å². The molecule has 1 unspecified atom stereocenters. The van der Waals surface area contributed by atoms with Crippen molar-refractivity contribution in [3.8, 4) is 0 Å². The highest BCUT2D eigenvalue weighted by Crippen LogP contribution is 2.32. The van der Waals surface area contributed by atoms with Crippen LogP contribution in [0.2, 0.25) is 0 Å². The molecule has 1 aromatic carbocycles. The highest BCUT2D eigenvalue weighted by atomic mass is 15.3. The summed E-state index contributed by atoms with van der Waals surface area (Å²) in [5.41, 5.74) is 9.55. The maximum atomic E-state index is 6.10. The molecule has 5 heteroatoms. The van der Waals surface area contributed by atoms with E-state index in [0.717, 1.165) is 17.8 Å². The first kappa shape index (κ1) is 12.7. The number of benzene rings is 1. The van der Waals surface area contributed by atoms with E-state index in [2.05, 4.69) is 47.2 Å². The van der Waals surface area contributed by atoms with E-state index in [0.29, 0.717) is 12.5 Å². The lowest BCUT2D eigenvalue weighted by Gasteiger charge is -2.27. The van der Waals surface area contributed by atoms with Crippen LogP contribution in [-0.4, -0.2) is 22.3 Å². The van der Waals surface area contributed by atoms with Crippen molar-refractivity contribution in [3.63, 3.8) is 0 Å². The molecule has 3 rings (SSSR count). The Hall–Kier alpha value is -2.30. The first-order valence-corrected chi connectivity index (χ1v) is 6.88. The van der Waals surface area contributed by atoms with Crippen LogP contribution in [0.4, 0.5) is 5.69 Å². The third-order valence-corrected chi connectivity index (χ3v) is 3.72. The number of nitrogens with two attached hydrogens (primary N) is 1. The first-order chi connectivity index (χ1) is 9.70. The number of guanidine groups is 1. The third-order valence-electron chi connectivity index (χ3n) is 3.72. The van der Waals surface area contributed by atoms with Crippen LogP contribution in [0.1, 0.15) is 24.1 Å². The molecule has 2 N–H and O–H groups in total. The Morgan fingerprint density at radius 2 is 2.15 bits per heavy atom. The molecule has 104 valence electrons. The van der Waals surface area contributed by atoms with Gasteiger partial charge in [0, 0.05) is 24.0 Å². The van der Waals surface area contributed by atoms with Crippen LogP contribution in [0.25, 0.3) is 0 Å². The van der Waals surface area contributed by atoms with Gasteiger partial charge < -0.3 is 10.6 Å². The lowest BCUT2D eigenvalue weighted by molar-refractivity contribution is 0.657. The number of hydrogen-bond acceptors (Lipinski definition) is 4. The van der Waals surface area contributed by atoms with Gasteiger partial charge in [0.05, 0.1) is 18.8 Å². The predicted molar refractivity (Wildman–Crippen MR) is 80.8 cm³/mol. The zero-order valence-electron chi connectivity index (χ0n) is 11.8. The van der Waals surface area contributed by atoms with E-state index in [-0.39, 0.29) is 6.04 Å². The van der Waals surface area contributed by atoms with Crippen molar-refractivity contribution in [2.75, 3.05) is 11.4 Å². The fraction of sp³-hybridized carbons (Fsp3) is 0.333. The van der Waals surface area contributed by atoms with Gasteiger partial charge in [0.2, 0.25) is 0 Å². The van der Waals surface area contributed by atoms with Crippen molar-refractivity contribution >= 4 is 11.6 Å². The molecular formula is C15H19N5. The average Bonchev–Trinajstić information content (AvgIpc) is 3.06. The first-order valence-electron chi connectivity index (χ1n) is 6.88. The van der Waals surface area contributed by atoms with Crippen molar-refractivity contribution < 1.29 is 0 Å². The maximum absolute atomic E-state index is 6.10. The molecule has 0 saturated carbocycles. The minimum Gasteiger partial charge on any atom is -0.369 e. The Morgan fingerprint density at radius 1 is 1.35 bits per heavy atom. The highest BCUT2D eigenvalue weighted by molar-refractivity contribution is 5.98. The van der Waals surface area contributed by atoms with Gasteiger partial charge in [-0.25, -0.2) is 0 Å². The van der Waals surface area contributed by atoms with E-state index >= 15 is 0 Å². The van der Waals surface area contributed by atoms with Crippen LogP contribution in [0.5, 0.6) is 0 Å². The van der Waals surface area contributed by atoms with Gasteiger partial charge in [0.25, 0.3) is 0 Å². The molecule has 0 amide bonds. The molecule has 1 aliphatic rings. The number of hydrogen-bond donors (Lipinski definition) is 1. The molecule has 5 nitrogen and oxygen atoms in total. The van der Waals surface area contributed by atoms with Gasteiger partial charge in [-0.2, -0.15) is 5.10 Å². The molecule has 0 saturated heterocycles. The molecule has 1 aromatic heterocycles. The maximum Gasteiger partial charge on any atom is 0.196 e. The molecule has 0 aliphatic carbocycles. The minimum absolute atomic E-state index is 0.136. The smallest absolute Gasteiger partial charge is 0.196 e. The summed E-state index contributed by atoms with van der Waals surface area (Å²) in [5.74, 6) is 0.577. The summed E-state index contributed by atoms with van der Waals surface area (Å²) in [4.78, 5) is 6.51. The lowest BCUT2D eigenvalue weighted by Crippen LogP contribution is -2.36. The number of aromatic nitrogens is 2. The summed E-state index contributed by atoms with van der Waals surface area (Å²) in [6.07, 6.45) is 3.98. The molecule has 2 heterocycles. The Bertz CT molecular complexity index is 643. The van der Waals surface area contributed by atoms with Crippen LogP contribution >= 0.6 is 0 Å². The lowest BCUT2D eigenvalue weighted by atomic mass is 10.1. The molecule has 0 radical (unpaired) electrons. The number of anilines is 1. The number of aryl methyl sites for hydroxylation is 2. The second-order valence-electron chi connectivity index (χ2n) is 5.00. The topological polar surface area (TPSA) is 59.4 Å². The van der Waals surface area contributed by atoms with Gasteiger partial charge in [-0.1, -0.05) is 18.2 Å². The number of aliphatic imine (C=N–C) groups is 1. The van der Waals surface area contributed by atoms with Gasteiger partial charge in [0.1, 0.15) is 0 Å². The van der Waals surface area contributed by atoms with E-state index in [9.17, 15) is 0 Å². The van der Waals surface area contributed by atoms with Crippen LogP contribution in [0.3, 0.4) is 0 Å². The quantitative estimate of drug-likeness (QED) is 0.928. The van der Waals surface area contributed by atoms with Crippen LogP contribution in [-0.2, 0) is 6.54 Å². The number of para-hydroxylation sites is 1. The van der Waals surface area contributed by atoms with Gasteiger partial charge in [-0.05, 0) is 25.5 Å². The van der Waals surface area contributed by atoms with E-state index in [4.69, 9.17) is 5.73 Å². The van der Waals surface area contributed by atoms with Crippen molar-refractivity contribution in [2.24, 2.45) is 10.7 Å². The van der Waals surface area contributed by atoms with E-state index < -0.39 is 0 Å². The predicted octanol–water partition coefficient (Wildman–Crippen LogP) is 2.09. The fourth-order valence-corrected chi connectivity index (χ4v) is 2.60. The Labute approximate surface area is 118 Å². The Balaban J connectivity index is 1.98. The van der Waals surface area contributed by atoms with Crippen molar-refractivity contribution in [3.05, 3.63) is 47.8 Å². The number of nitrogens with zero attached hydrogens (tertiary/aromatic N) is 4. The van der Waals surface area contributed by atoms with Crippen molar-refractivity contribution in [1.29, 1.82) is 0 Å². The standard InChI is InChI=1S/C15H19N5/c1-3-19-10-12(8-18-19)14-9-17-15(16)20(14)13-7-5-4-6-11(13)2/h4-8,10,14H,3,9H2,1-2H3,(H2,16,17). The van der Waals surface area contributed by atoms with Gasteiger partial charge >= 0.3 is 0 Å². The summed E-state index contributed by atoms with van der Waals surface area (Å²) in [6.45, 7) is 5.71. The summed E-state index contributed by atoms with van der Waals surface area (Å²) in [7, 11) is 0. The van der Waals surface area contributed by atoms with Crippen LogP contribution in [0.15, 0.2) is 41.7 Å². The molecule has 0 bridgehead atoms.